The molecule has 0 spiro atoms. The summed E-state index contributed by atoms with van der Waals surface area (Å²) in [6, 6.07) is 11.5. The molecule has 0 amide bonds. The summed E-state index contributed by atoms with van der Waals surface area (Å²) in [6.07, 6.45) is 2.17. The first kappa shape index (κ1) is 19.6. The van der Waals surface area contributed by atoms with Gasteiger partial charge in [0.15, 0.2) is 0 Å². The number of rotatable bonds is 8. The summed E-state index contributed by atoms with van der Waals surface area (Å²) in [7, 11) is 0. The van der Waals surface area contributed by atoms with Gasteiger partial charge in [0.2, 0.25) is 5.71 Å². The normalized spacial score (nSPS) is 21.7. The fraction of sp³-hybridized carbons (Fsp3) is 0.429. The minimum absolute atomic E-state index is 0.227. The van der Waals surface area contributed by atoms with Gasteiger partial charge in [-0.2, -0.15) is 4.98 Å². The van der Waals surface area contributed by atoms with Gasteiger partial charge in [-0.25, -0.2) is 4.79 Å². The highest BCUT2D eigenvalue weighted by Gasteiger charge is 2.35. The van der Waals surface area contributed by atoms with Crippen LogP contribution in [0.2, 0.25) is 0 Å². The van der Waals surface area contributed by atoms with E-state index in [0.29, 0.717) is 24.1 Å². The van der Waals surface area contributed by atoms with E-state index >= 15 is 0 Å². The van der Waals surface area contributed by atoms with Crippen LogP contribution in [0.5, 0.6) is 5.75 Å². The van der Waals surface area contributed by atoms with E-state index in [9.17, 15) is 15.0 Å². The first-order chi connectivity index (χ1) is 14.1. The monoisotopic (exact) mass is 400 g/mol. The molecule has 1 aliphatic heterocycles. The van der Waals surface area contributed by atoms with E-state index in [0.717, 1.165) is 24.4 Å². The van der Waals surface area contributed by atoms with Gasteiger partial charge in [-0.15, -0.1) is 0 Å². The highest BCUT2D eigenvalue weighted by atomic mass is 16.5. The molecule has 29 heavy (non-hydrogen) atoms. The second-order valence-electron chi connectivity index (χ2n) is 7.14. The fourth-order valence-electron chi connectivity index (χ4n) is 3.47. The Balaban J connectivity index is 1.36. The lowest BCUT2D eigenvalue weighted by Crippen LogP contribution is -2.27. The van der Waals surface area contributed by atoms with Crippen molar-refractivity contribution in [3.05, 3.63) is 58.8 Å². The van der Waals surface area contributed by atoms with Crippen molar-refractivity contribution in [3.8, 4) is 5.75 Å². The molecule has 0 saturated carbocycles. The van der Waals surface area contributed by atoms with Gasteiger partial charge in [0, 0.05) is 19.0 Å². The minimum Gasteiger partial charge on any atom is -0.494 e. The van der Waals surface area contributed by atoms with Crippen LogP contribution in [0.15, 0.2) is 51.8 Å². The number of hydrogen-bond donors (Lipinski definition) is 2. The average molecular weight is 400 g/mol. The molecule has 0 bridgehead atoms. The molecule has 8 heteroatoms. The summed E-state index contributed by atoms with van der Waals surface area (Å²) in [5.74, 6) is 1.61. The molecule has 2 N–H and O–H groups in total. The fourth-order valence-corrected chi connectivity index (χ4v) is 3.47. The molecule has 3 atom stereocenters. The van der Waals surface area contributed by atoms with Gasteiger partial charge in [0.25, 0.3) is 0 Å². The number of fused-ring (bicyclic) bond motifs is 1. The number of furan rings is 1. The summed E-state index contributed by atoms with van der Waals surface area (Å²) < 4.78 is 18.3. The number of benzene rings is 1. The zero-order valence-corrected chi connectivity index (χ0v) is 15.9. The third-order valence-electron chi connectivity index (χ3n) is 5.01. The maximum absolute atomic E-state index is 12.3. The smallest absolute Gasteiger partial charge is 0.353 e. The molecular formula is C21H24N2O6. The van der Waals surface area contributed by atoms with Gasteiger partial charge >= 0.3 is 5.69 Å². The van der Waals surface area contributed by atoms with Crippen LogP contribution in [-0.4, -0.2) is 45.2 Å². The third kappa shape index (κ3) is 4.50. The highest BCUT2D eigenvalue weighted by Crippen LogP contribution is 2.28. The van der Waals surface area contributed by atoms with Crippen LogP contribution in [0.25, 0.3) is 11.1 Å². The minimum atomic E-state index is -0.814. The van der Waals surface area contributed by atoms with Gasteiger partial charge in [0.05, 0.1) is 24.7 Å². The largest absolute Gasteiger partial charge is 0.494 e. The van der Waals surface area contributed by atoms with Crippen molar-refractivity contribution >= 4 is 11.1 Å². The predicted molar refractivity (Wildman–Crippen MR) is 105 cm³/mol. The second-order valence-corrected chi connectivity index (χ2v) is 7.14. The van der Waals surface area contributed by atoms with Crippen LogP contribution < -0.4 is 10.4 Å². The summed E-state index contributed by atoms with van der Waals surface area (Å²) in [5.41, 5.74) is -0.218. The molecule has 1 aromatic carbocycles. The summed E-state index contributed by atoms with van der Waals surface area (Å²) in [5, 5.41) is 19.8. The molecule has 4 rings (SSSR count). The Bertz CT molecular complexity index is 999. The Morgan fingerprint density at radius 2 is 2.07 bits per heavy atom. The van der Waals surface area contributed by atoms with Crippen LogP contribution in [-0.2, 0) is 11.2 Å². The van der Waals surface area contributed by atoms with Crippen molar-refractivity contribution in [3.63, 3.8) is 0 Å². The molecule has 3 aromatic rings. The van der Waals surface area contributed by atoms with E-state index in [1.165, 1.54) is 4.57 Å². The van der Waals surface area contributed by atoms with Crippen LogP contribution in [0, 0.1) is 0 Å². The van der Waals surface area contributed by atoms with Crippen molar-refractivity contribution < 1.29 is 24.1 Å². The quantitative estimate of drug-likeness (QED) is 0.557. The average Bonchev–Trinajstić information content (AvgIpc) is 3.29. The second kappa shape index (κ2) is 8.77. The maximum atomic E-state index is 12.3. The molecule has 0 unspecified atom stereocenters. The van der Waals surface area contributed by atoms with Crippen molar-refractivity contribution in [1.82, 2.24) is 9.55 Å². The lowest BCUT2D eigenvalue weighted by Gasteiger charge is -2.13. The lowest BCUT2D eigenvalue weighted by atomic mass is 10.2. The Labute approximate surface area is 167 Å². The molecule has 3 heterocycles. The van der Waals surface area contributed by atoms with Crippen LogP contribution in [0.1, 0.15) is 31.3 Å². The van der Waals surface area contributed by atoms with E-state index in [1.54, 1.807) is 6.20 Å². The Morgan fingerprint density at radius 1 is 1.24 bits per heavy atom. The first-order valence-electron chi connectivity index (χ1n) is 9.78. The number of hydrogen-bond acceptors (Lipinski definition) is 7. The van der Waals surface area contributed by atoms with Gasteiger partial charge in [-0.3, -0.25) is 4.57 Å². The first-order valence-corrected chi connectivity index (χ1v) is 9.78. The molecule has 1 aliphatic rings. The summed E-state index contributed by atoms with van der Waals surface area (Å²) >= 11 is 0. The Kier molecular flexibility index (Phi) is 5.94. The molecule has 2 aromatic heterocycles. The summed E-state index contributed by atoms with van der Waals surface area (Å²) in [4.78, 5) is 16.3. The number of ether oxygens (including phenoxy) is 2. The number of aromatic nitrogens is 2. The number of aliphatic hydroxyl groups excluding tert-OH is 2. The third-order valence-corrected chi connectivity index (χ3v) is 5.01. The van der Waals surface area contributed by atoms with Crippen molar-refractivity contribution in [2.24, 2.45) is 0 Å². The van der Waals surface area contributed by atoms with Crippen LogP contribution >= 0.6 is 0 Å². The molecule has 0 aliphatic carbocycles. The van der Waals surface area contributed by atoms with Crippen molar-refractivity contribution in [2.45, 2.75) is 44.1 Å². The molecule has 1 saturated heterocycles. The number of unbranched alkanes of at least 4 members (excludes halogenated alkanes) is 1. The van der Waals surface area contributed by atoms with Crippen LogP contribution in [0.3, 0.4) is 0 Å². The number of aliphatic hydroxyl groups is 2. The maximum Gasteiger partial charge on any atom is 0.353 e. The molecule has 154 valence electrons. The van der Waals surface area contributed by atoms with Crippen LogP contribution in [0.4, 0.5) is 0 Å². The topological polar surface area (TPSA) is 107 Å². The van der Waals surface area contributed by atoms with E-state index in [4.69, 9.17) is 13.9 Å². The number of para-hydroxylation sites is 1. The van der Waals surface area contributed by atoms with Gasteiger partial charge < -0.3 is 24.1 Å². The number of nitrogens with zero attached hydrogens (tertiary/aromatic N) is 2. The highest BCUT2D eigenvalue weighted by molar-refractivity contribution is 5.72. The Morgan fingerprint density at radius 3 is 2.83 bits per heavy atom. The van der Waals surface area contributed by atoms with Gasteiger partial charge in [-0.05, 0) is 31.0 Å². The van der Waals surface area contributed by atoms with E-state index in [1.807, 2.05) is 36.4 Å². The Hall–Kier alpha value is -2.68. The standard InChI is InChI=1S/C21H24N2O6/c24-13-18-17(25)11-19(29-18)23-12-14-10-16(28-20(14)22-21(23)26)8-4-5-9-27-15-6-2-1-3-7-15/h1-3,6-7,10,12,17-19,24-25H,4-5,8-9,11,13H2/t17-,18+,19+/m0/s1. The van der Waals surface area contributed by atoms with Gasteiger partial charge in [0.1, 0.15) is 23.8 Å². The predicted octanol–water partition coefficient (Wildman–Crippen LogP) is 2.03. The molecule has 8 nitrogen and oxygen atoms in total. The lowest BCUT2D eigenvalue weighted by molar-refractivity contribution is -0.0457. The van der Waals surface area contributed by atoms with Crippen molar-refractivity contribution in [2.75, 3.05) is 13.2 Å². The van der Waals surface area contributed by atoms with E-state index in [-0.39, 0.29) is 13.0 Å². The zero-order chi connectivity index (χ0) is 20.2. The molecule has 1 fully saturated rings. The molecule has 0 radical (unpaired) electrons. The summed E-state index contributed by atoms with van der Waals surface area (Å²) in [6.45, 7) is 0.326. The number of aryl methyl sites for hydroxylation is 1. The van der Waals surface area contributed by atoms with Gasteiger partial charge in [-0.1, -0.05) is 18.2 Å². The molecular weight excluding hydrogens is 376 g/mol. The SMILES string of the molecule is O=c1nc2oc(CCCCOc3ccccc3)cc2cn1[C@H]1C[C@H](O)[C@@H](CO)O1. The van der Waals surface area contributed by atoms with Crippen molar-refractivity contribution in [1.29, 1.82) is 0 Å². The zero-order valence-electron chi connectivity index (χ0n) is 15.9. The van der Waals surface area contributed by atoms with E-state index < -0.39 is 24.1 Å². The van der Waals surface area contributed by atoms with E-state index in [2.05, 4.69) is 4.98 Å².